The van der Waals surface area contributed by atoms with E-state index in [1.807, 2.05) is 29.2 Å². The molecule has 0 radical (unpaired) electrons. The maximum absolute atomic E-state index is 12.7. The number of unbranched alkanes of at least 4 members (excludes halogenated alkanes) is 3. The van der Waals surface area contributed by atoms with Gasteiger partial charge in [0, 0.05) is 37.1 Å². The molecule has 0 fully saturated rings. The van der Waals surface area contributed by atoms with Crippen molar-refractivity contribution in [1.82, 2.24) is 4.98 Å². The van der Waals surface area contributed by atoms with Crippen LogP contribution in [0.15, 0.2) is 54.9 Å². The molecule has 1 aromatic heterocycles. The van der Waals surface area contributed by atoms with Gasteiger partial charge >= 0.3 is 0 Å². The number of pyridine rings is 1. The molecule has 0 atom stereocenters. The van der Waals surface area contributed by atoms with E-state index in [0.717, 1.165) is 43.1 Å². The second-order valence-electron chi connectivity index (χ2n) is 8.38. The minimum atomic E-state index is -1.53. The van der Waals surface area contributed by atoms with Crippen molar-refractivity contribution in [2.24, 2.45) is 0 Å². The highest BCUT2D eigenvalue weighted by atomic mass is 28.3. The zero-order valence-corrected chi connectivity index (χ0v) is 18.4. The molecule has 0 spiro atoms. The van der Waals surface area contributed by atoms with Crippen LogP contribution in [0.5, 0.6) is 0 Å². The van der Waals surface area contributed by atoms with Gasteiger partial charge in [-0.15, -0.1) is 0 Å². The van der Waals surface area contributed by atoms with Crippen molar-refractivity contribution in [3.63, 3.8) is 0 Å². The third kappa shape index (κ3) is 5.73. The Morgan fingerprint density at radius 3 is 2.55 bits per heavy atom. The lowest BCUT2D eigenvalue weighted by atomic mass is 10.1. The fourth-order valence-corrected chi connectivity index (χ4v) is 6.65. The zero-order valence-electron chi connectivity index (χ0n) is 17.4. The number of fused-ring (bicyclic) bond motifs is 1. The van der Waals surface area contributed by atoms with E-state index >= 15 is 0 Å². The highest BCUT2D eigenvalue weighted by Gasteiger charge is 2.38. The molecule has 152 valence electrons. The van der Waals surface area contributed by atoms with Crippen molar-refractivity contribution < 1.29 is 9.59 Å². The Morgan fingerprint density at radius 2 is 1.79 bits per heavy atom. The quantitative estimate of drug-likeness (QED) is 0.350. The summed E-state index contributed by atoms with van der Waals surface area (Å²) in [6.45, 7) is 4.66. The van der Waals surface area contributed by atoms with E-state index in [-0.39, 0.29) is 11.7 Å². The molecular weight excluding hydrogens is 376 g/mol. The van der Waals surface area contributed by atoms with Crippen LogP contribution in [0.3, 0.4) is 0 Å². The van der Waals surface area contributed by atoms with Crippen molar-refractivity contribution in [3.8, 4) is 0 Å². The highest BCUT2D eigenvalue weighted by Crippen LogP contribution is 2.26. The van der Waals surface area contributed by atoms with Crippen LogP contribution in [0.25, 0.3) is 6.08 Å². The molecule has 1 aliphatic heterocycles. The van der Waals surface area contributed by atoms with Crippen LogP contribution in [0.4, 0.5) is 5.69 Å². The molecule has 1 amide bonds. The average molecular weight is 407 g/mol. The van der Waals surface area contributed by atoms with E-state index in [1.54, 1.807) is 18.5 Å². The first kappa shape index (κ1) is 21.2. The van der Waals surface area contributed by atoms with Crippen LogP contribution in [-0.2, 0) is 9.59 Å². The predicted molar refractivity (Wildman–Crippen MR) is 122 cm³/mol. The number of nitrogens with zero attached hydrogens (tertiary/aromatic N) is 2. The van der Waals surface area contributed by atoms with E-state index in [1.165, 1.54) is 5.19 Å². The number of ketones is 1. The van der Waals surface area contributed by atoms with Gasteiger partial charge in [0.2, 0.25) is 5.91 Å². The molecule has 0 saturated carbocycles. The fourth-order valence-electron chi connectivity index (χ4n) is 3.88. The molecule has 0 bridgehead atoms. The van der Waals surface area contributed by atoms with Gasteiger partial charge in [-0.05, 0) is 47.9 Å². The van der Waals surface area contributed by atoms with Gasteiger partial charge < -0.3 is 4.90 Å². The molecule has 0 saturated heterocycles. The Bertz CT molecular complexity index is 877. The number of anilines is 1. The monoisotopic (exact) mass is 406 g/mol. The Labute approximate surface area is 174 Å². The second-order valence-corrected chi connectivity index (χ2v) is 13.0. The zero-order chi connectivity index (χ0) is 20.7. The molecule has 2 heterocycles. The molecular formula is C24H30N2O2Si. The topological polar surface area (TPSA) is 50.3 Å². The van der Waals surface area contributed by atoms with Gasteiger partial charge in [-0.2, -0.15) is 0 Å². The number of amides is 1. The van der Waals surface area contributed by atoms with E-state index in [4.69, 9.17) is 0 Å². The van der Waals surface area contributed by atoms with Crippen LogP contribution in [0.2, 0.25) is 13.1 Å². The van der Waals surface area contributed by atoms with Crippen molar-refractivity contribution in [2.75, 3.05) is 11.1 Å². The average Bonchev–Trinajstić information content (AvgIpc) is 3.01. The van der Waals surface area contributed by atoms with E-state index in [2.05, 4.69) is 36.3 Å². The fraction of sp³-hybridized carbons (Fsp3) is 0.375. The summed E-state index contributed by atoms with van der Waals surface area (Å²) in [4.78, 5) is 30.7. The standard InChI is InChI=1S/C24H30N2O2Si/c1-29(2)19-26(22-12-7-8-13-23(22)29)24(28)14-6-4-3-5-11-21(27)16-15-20-10-9-17-25-18-20/h7-10,12-13,15-18H,3-6,11,14,19H2,1-2H3/b16-15+. The third-order valence-corrected chi connectivity index (χ3v) is 8.48. The van der Waals surface area contributed by atoms with E-state index in [9.17, 15) is 9.59 Å². The molecule has 1 aromatic carbocycles. The predicted octanol–water partition coefficient (Wildman–Crippen LogP) is 4.51. The number of carbonyl (C=O) groups excluding carboxylic acids is 2. The molecule has 4 nitrogen and oxygen atoms in total. The SMILES string of the molecule is C[Si]1(C)CN(C(=O)CCCCCCC(=O)/C=C/c2cccnc2)c2ccccc21. The van der Waals surface area contributed by atoms with Crippen molar-refractivity contribution >= 4 is 36.7 Å². The normalized spacial score (nSPS) is 14.9. The van der Waals surface area contributed by atoms with Gasteiger partial charge in [-0.3, -0.25) is 14.6 Å². The number of carbonyl (C=O) groups is 2. The van der Waals surface area contributed by atoms with Gasteiger partial charge in [0.05, 0.1) is 0 Å². The number of aromatic nitrogens is 1. The molecule has 3 rings (SSSR count). The minimum absolute atomic E-state index is 0.144. The number of para-hydroxylation sites is 1. The minimum Gasteiger partial charge on any atom is -0.315 e. The largest absolute Gasteiger partial charge is 0.315 e. The maximum atomic E-state index is 12.7. The van der Waals surface area contributed by atoms with Gasteiger partial charge in [0.1, 0.15) is 8.07 Å². The lowest BCUT2D eigenvalue weighted by Gasteiger charge is -2.19. The summed E-state index contributed by atoms with van der Waals surface area (Å²) >= 11 is 0. The Hall–Kier alpha value is -2.53. The summed E-state index contributed by atoms with van der Waals surface area (Å²) < 4.78 is 0. The van der Waals surface area contributed by atoms with Crippen LogP contribution in [-0.4, -0.2) is 30.9 Å². The lowest BCUT2D eigenvalue weighted by molar-refractivity contribution is -0.118. The van der Waals surface area contributed by atoms with Gasteiger partial charge in [-0.25, -0.2) is 0 Å². The molecule has 5 heteroatoms. The first-order chi connectivity index (χ1) is 14.0. The number of allylic oxidation sites excluding steroid dienone is 1. The summed E-state index contributed by atoms with van der Waals surface area (Å²) in [7, 11) is -1.53. The maximum Gasteiger partial charge on any atom is 0.226 e. The summed E-state index contributed by atoms with van der Waals surface area (Å²) in [6, 6.07) is 12.2. The van der Waals surface area contributed by atoms with Gasteiger partial charge in [-0.1, -0.05) is 50.2 Å². The second kappa shape index (κ2) is 9.79. The molecule has 1 aliphatic rings. The Morgan fingerprint density at radius 1 is 1.03 bits per heavy atom. The Kier molecular flexibility index (Phi) is 7.15. The number of benzene rings is 1. The van der Waals surface area contributed by atoms with Crippen molar-refractivity contribution in [1.29, 1.82) is 0 Å². The first-order valence-electron chi connectivity index (χ1n) is 10.5. The lowest BCUT2D eigenvalue weighted by Crippen LogP contribution is -2.44. The number of hydrogen-bond donors (Lipinski definition) is 0. The molecule has 0 unspecified atom stereocenters. The van der Waals surface area contributed by atoms with Crippen LogP contribution in [0.1, 0.15) is 44.1 Å². The number of hydrogen-bond acceptors (Lipinski definition) is 3. The van der Waals surface area contributed by atoms with Crippen LogP contribution >= 0.6 is 0 Å². The third-order valence-electron chi connectivity index (χ3n) is 5.49. The summed E-state index contributed by atoms with van der Waals surface area (Å²) in [5, 5.41) is 1.39. The number of rotatable bonds is 9. The highest BCUT2D eigenvalue weighted by molar-refractivity contribution is 6.93. The summed E-state index contributed by atoms with van der Waals surface area (Å²) in [6.07, 6.45) is 12.7. The van der Waals surface area contributed by atoms with E-state index < -0.39 is 8.07 Å². The van der Waals surface area contributed by atoms with Crippen LogP contribution < -0.4 is 10.1 Å². The summed E-state index contributed by atoms with van der Waals surface area (Å²) in [5.41, 5.74) is 2.06. The summed E-state index contributed by atoms with van der Waals surface area (Å²) in [5.74, 6) is 0.386. The Balaban J connectivity index is 1.34. The molecule has 0 aliphatic carbocycles. The van der Waals surface area contributed by atoms with E-state index in [0.29, 0.717) is 12.8 Å². The van der Waals surface area contributed by atoms with Gasteiger partial charge in [0.15, 0.2) is 5.78 Å². The molecule has 2 aromatic rings. The smallest absolute Gasteiger partial charge is 0.226 e. The first-order valence-corrected chi connectivity index (χ1v) is 13.7. The molecule has 0 N–H and O–H groups in total. The van der Waals surface area contributed by atoms with Gasteiger partial charge in [0.25, 0.3) is 0 Å². The van der Waals surface area contributed by atoms with Crippen molar-refractivity contribution in [3.05, 3.63) is 60.4 Å². The van der Waals surface area contributed by atoms with Crippen molar-refractivity contribution in [2.45, 2.75) is 51.6 Å². The van der Waals surface area contributed by atoms with Crippen LogP contribution in [0, 0.1) is 0 Å². The molecule has 29 heavy (non-hydrogen) atoms.